The molecule has 3 rings (SSSR count). The summed E-state index contributed by atoms with van der Waals surface area (Å²) in [6.07, 6.45) is 2.37. The van der Waals surface area contributed by atoms with Crippen molar-refractivity contribution in [2.24, 2.45) is 0 Å². The van der Waals surface area contributed by atoms with Gasteiger partial charge in [-0.25, -0.2) is 0 Å². The number of hydrogen-bond acceptors (Lipinski definition) is 2. The highest BCUT2D eigenvalue weighted by Gasteiger charge is 2.50. The van der Waals surface area contributed by atoms with Crippen molar-refractivity contribution in [3.63, 3.8) is 0 Å². The van der Waals surface area contributed by atoms with Crippen LogP contribution in [-0.2, 0) is 16.0 Å². The summed E-state index contributed by atoms with van der Waals surface area (Å²) in [5.41, 5.74) is 1.54. The third-order valence-corrected chi connectivity index (χ3v) is 4.78. The van der Waals surface area contributed by atoms with Gasteiger partial charge in [-0.2, -0.15) is 0 Å². The molecular formula is C15H15Cl2NO2. The van der Waals surface area contributed by atoms with Crippen molar-refractivity contribution in [3.8, 4) is 0 Å². The van der Waals surface area contributed by atoms with Gasteiger partial charge < -0.3 is 4.90 Å². The Kier molecular flexibility index (Phi) is 3.51. The molecule has 0 aliphatic carbocycles. The number of aryl methyl sites for hydroxylation is 1. The molecule has 0 aromatic heterocycles. The molecule has 2 saturated heterocycles. The van der Waals surface area contributed by atoms with Crippen LogP contribution in [0.5, 0.6) is 0 Å². The fourth-order valence-electron chi connectivity index (χ4n) is 3.33. The highest BCUT2D eigenvalue weighted by atomic mass is 35.5. The Morgan fingerprint density at radius 3 is 2.70 bits per heavy atom. The molecule has 20 heavy (non-hydrogen) atoms. The number of Topliss-reactive ketones (excluding diaryl/α,β-unsaturated/α-hetero) is 1. The molecule has 3 nitrogen and oxygen atoms in total. The van der Waals surface area contributed by atoms with Crippen LogP contribution >= 0.6 is 23.2 Å². The number of carbonyl (C=O) groups is 2. The van der Waals surface area contributed by atoms with Gasteiger partial charge in [-0.3, -0.25) is 9.59 Å². The van der Waals surface area contributed by atoms with Gasteiger partial charge in [0.1, 0.15) is 5.92 Å². The van der Waals surface area contributed by atoms with Gasteiger partial charge in [0.05, 0.1) is 6.04 Å². The molecule has 0 saturated carbocycles. The first-order valence-electron chi connectivity index (χ1n) is 6.86. The van der Waals surface area contributed by atoms with Gasteiger partial charge in [0, 0.05) is 16.6 Å². The van der Waals surface area contributed by atoms with Crippen LogP contribution < -0.4 is 0 Å². The van der Waals surface area contributed by atoms with E-state index >= 15 is 0 Å². The molecule has 106 valence electrons. The van der Waals surface area contributed by atoms with Crippen LogP contribution in [0.3, 0.4) is 0 Å². The maximum atomic E-state index is 12.5. The number of hydrogen-bond donors (Lipinski definition) is 0. The number of benzene rings is 1. The summed E-state index contributed by atoms with van der Waals surface area (Å²) in [4.78, 5) is 26.8. The lowest BCUT2D eigenvalue weighted by atomic mass is 9.88. The molecule has 0 bridgehead atoms. The van der Waals surface area contributed by atoms with Gasteiger partial charge in [-0.05, 0) is 42.5 Å². The predicted molar refractivity (Wildman–Crippen MR) is 78.3 cm³/mol. The minimum absolute atomic E-state index is 0.00794. The Bertz CT molecular complexity index is 578. The zero-order valence-electron chi connectivity index (χ0n) is 11.2. The van der Waals surface area contributed by atoms with Crippen LogP contribution in [0.1, 0.15) is 36.8 Å². The molecule has 2 atom stereocenters. The van der Waals surface area contributed by atoms with Crippen LogP contribution in [0.4, 0.5) is 0 Å². The van der Waals surface area contributed by atoms with Crippen molar-refractivity contribution in [2.75, 3.05) is 6.54 Å². The van der Waals surface area contributed by atoms with Crippen molar-refractivity contribution < 1.29 is 9.59 Å². The minimum Gasteiger partial charge on any atom is -0.332 e. The number of fused-ring (bicyclic) bond motifs is 1. The van der Waals surface area contributed by atoms with Crippen molar-refractivity contribution in [2.45, 2.75) is 38.1 Å². The van der Waals surface area contributed by atoms with E-state index in [4.69, 9.17) is 23.2 Å². The summed E-state index contributed by atoms with van der Waals surface area (Å²) in [7, 11) is 0. The first-order valence-corrected chi connectivity index (χ1v) is 7.62. The largest absolute Gasteiger partial charge is 0.332 e. The molecule has 2 aliphatic rings. The quantitative estimate of drug-likeness (QED) is 0.786. The molecule has 2 unspecified atom stereocenters. The number of carbonyl (C=O) groups excluding carboxylic acids is 2. The van der Waals surface area contributed by atoms with E-state index in [9.17, 15) is 9.59 Å². The topological polar surface area (TPSA) is 37.4 Å². The maximum absolute atomic E-state index is 12.5. The van der Waals surface area contributed by atoms with E-state index in [-0.39, 0.29) is 17.7 Å². The van der Waals surface area contributed by atoms with E-state index in [1.54, 1.807) is 17.0 Å². The van der Waals surface area contributed by atoms with Crippen LogP contribution in [0.25, 0.3) is 0 Å². The summed E-state index contributed by atoms with van der Waals surface area (Å²) in [6.45, 7) is 2.65. The van der Waals surface area contributed by atoms with E-state index < -0.39 is 5.92 Å². The van der Waals surface area contributed by atoms with Crippen LogP contribution in [0.2, 0.25) is 10.0 Å². The summed E-state index contributed by atoms with van der Waals surface area (Å²) >= 11 is 12.3. The second kappa shape index (κ2) is 5.05. The van der Waals surface area contributed by atoms with Crippen LogP contribution in [0, 0.1) is 0 Å². The second-order valence-electron chi connectivity index (χ2n) is 5.34. The molecule has 0 radical (unpaired) electrons. The molecule has 2 fully saturated rings. The molecule has 1 amide bonds. The fourth-order valence-corrected chi connectivity index (χ4v) is 3.97. The average Bonchev–Trinajstić information content (AvgIpc) is 2.96. The average molecular weight is 312 g/mol. The number of amides is 1. The van der Waals surface area contributed by atoms with E-state index in [2.05, 4.69) is 0 Å². The number of nitrogens with zero attached hydrogens (tertiary/aromatic N) is 1. The highest BCUT2D eigenvalue weighted by Crippen LogP contribution is 2.40. The highest BCUT2D eigenvalue weighted by molar-refractivity contribution is 6.36. The van der Waals surface area contributed by atoms with Gasteiger partial charge in [0.15, 0.2) is 5.78 Å². The Balaban J connectivity index is 2.10. The van der Waals surface area contributed by atoms with Gasteiger partial charge in [-0.15, -0.1) is 0 Å². The number of ketones is 1. The van der Waals surface area contributed by atoms with Crippen LogP contribution in [-0.4, -0.2) is 29.2 Å². The maximum Gasteiger partial charge on any atom is 0.238 e. The monoisotopic (exact) mass is 311 g/mol. The number of rotatable bonds is 2. The molecule has 0 spiro atoms. The Labute approximate surface area is 127 Å². The summed E-state index contributed by atoms with van der Waals surface area (Å²) in [5, 5.41) is 0.955. The molecule has 5 heteroatoms. The Hall–Kier alpha value is -1.06. The van der Waals surface area contributed by atoms with Crippen molar-refractivity contribution in [3.05, 3.63) is 33.3 Å². The lowest BCUT2D eigenvalue weighted by Crippen LogP contribution is -2.29. The fraction of sp³-hybridized carbons (Fsp3) is 0.467. The zero-order valence-corrected chi connectivity index (χ0v) is 12.7. The molecule has 1 aromatic rings. The standard InChI is InChI=1S/C15H15Cl2NO2/c1-2-8-6-9(16)7-10(17)12(8)13-14(19)11-4-3-5-18(11)15(13)20/h6-7,11,13H,2-5H2,1H3. The first kappa shape index (κ1) is 13.9. The summed E-state index contributed by atoms with van der Waals surface area (Å²) < 4.78 is 0. The lowest BCUT2D eigenvalue weighted by Gasteiger charge is -2.16. The smallest absolute Gasteiger partial charge is 0.238 e. The normalized spacial score (nSPS) is 25.4. The van der Waals surface area contributed by atoms with E-state index in [1.807, 2.05) is 6.92 Å². The Morgan fingerprint density at radius 1 is 1.30 bits per heavy atom. The summed E-state index contributed by atoms with van der Waals surface area (Å²) in [5.74, 6) is -0.845. The lowest BCUT2D eigenvalue weighted by molar-refractivity contribution is -0.129. The minimum atomic E-state index is -0.736. The van der Waals surface area contributed by atoms with Gasteiger partial charge in [0.25, 0.3) is 0 Å². The third kappa shape index (κ3) is 1.95. The van der Waals surface area contributed by atoms with E-state index in [0.29, 0.717) is 28.6 Å². The molecular weight excluding hydrogens is 297 g/mol. The van der Waals surface area contributed by atoms with Crippen molar-refractivity contribution >= 4 is 34.9 Å². The molecule has 2 aliphatic heterocycles. The SMILES string of the molecule is CCc1cc(Cl)cc(Cl)c1C1C(=O)C2CCCN2C1=O. The second-order valence-corrected chi connectivity index (χ2v) is 6.18. The molecule has 0 N–H and O–H groups in total. The van der Waals surface area contributed by atoms with Gasteiger partial charge >= 0.3 is 0 Å². The van der Waals surface area contributed by atoms with E-state index in [0.717, 1.165) is 18.4 Å². The molecule has 2 heterocycles. The number of halogens is 2. The first-order chi connectivity index (χ1) is 9.54. The van der Waals surface area contributed by atoms with Crippen LogP contribution in [0.15, 0.2) is 12.1 Å². The van der Waals surface area contributed by atoms with Gasteiger partial charge in [0.2, 0.25) is 5.91 Å². The Morgan fingerprint density at radius 2 is 2.05 bits per heavy atom. The van der Waals surface area contributed by atoms with Gasteiger partial charge in [-0.1, -0.05) is 30.1 Å². The van der Waals surface area contributed by atoms with Crippen molar-refractivity contribution in [1.29, 1.82) is 0 Å². The summed E-state index contributed by atoms with van der Waals surface area (Å²) in [6, 6.07) is 3.16. The van der Waals surface area contributed by atoms with E-state index in [1.165, 1.54) is 0 Å². The zero-order chi connectivity index (χ0) is 14.4. The van der Waals surface area contributed by atoms with Crippen molar-refractivity contribution in [1.82, 2.24) is 4.90 Å². The molecule has 1 aromatic carbocycles. The third-order valence-electron chi connectivity index (χ3n) is 4.25. The predicted octanol–water partition coefficient (Wildman–Crippen LogP) is 3.21.